The third-order valence-electron chi connectivity index (χ3n) is 13.7. The molecule has 0 radical (unpaired) electrons. The zero-order valence-corrected chi connectivity index (χ0v) is 34.7. The van der Waals surface area contributed by atoms with E-state index in [4.69, 9.17) is 14.4 Å². The van der Waals surface area contributed by atoms with Crippen LogP contribution in [0, 0.1) is 0 Å². The van der Waals surface area contributed by atoms with Gasteiger partial charge in [0.05, 0.1) is 44.1 Å². The van der Waals surface area contributed by atoms with Crippen molar-refractivity contribution in [2.45, 2.75) is 0 Å². The van der Waals surface area contributed by atoms with E-state index in [-0.39, 0.29) is 0 Å². The van der Waals surface area contributed by atoms with Gasteiger partial charge >= 0.3 is 0 Å². The number of benzene rings is 9. The molecule has 7 heteroatoms. The van der Waals surface area contributed by atoms with Crippen LogP contribution < -0.4 is 0 Å². The highest BCUT2D eigenvalue weighted by atomic mass is 16.3. The van der Waals surface area contributed by atoms with E-state index < -0.39 is 0 Å². The van der Waals surface area contributed by atoms with Crippen molar-refractivity contribution in [2.75, 3.05) is 0 Å². The summed E-state index contributed by atoms with van der Waals surface area (Å²) in [6, 6.07) is 71.7. The molecule has 0 amide bonds. The van der Waals surface area contributed by atoms with Crippen LogP contribution in [0.2, 0.25) is 0 Å². The summed E-state index contributed by atoms with van der Waals surface area (Å²) >= 11 is 0. The Morgan fingerprint density at radius 2 is 0.800 bits per heavy atom. The highest BCUT2D eigenvalue weighted by Crippen LogP contribution is 2.45. The molecular formula is C58H34N6O. The Balaban J connectivity index is 1.02. The Kier molecular flexibility index (Phi) is 6.83. The van der Waals surface area contributed by atoms with E-state index in [1.165, 1.54) is 38.0 Å². The first-order chi connectivity index (χ1) is 32.3. The molecule has 0 aliphatic heterocycles. The van der Waals surface area contributed by atoms with Gasteiger partial charge in [-0.25, -0.2) is 9.97 Å². The fourth-order valence-corrected chi connectivity index (χ4v) is 11.1. The van der Waals surface area contributed by atoms with Crippen molar-refractivity contribution >= 4 is 109 Å². The topological polar surface area (TPSA) is 58.6 Å². The smallest absolute Gasteiger partial charge is 0.197 e. The minimum atomic E-state index is 0.640. The Bertz CT molecular complexity index is 4470. The van der Waals surface area contributed by atoms with Crippen molar-refractivity contribution in [1.82, 2.24) is 28.2 Å². The van der Waals surface area contributed by atoms with Gasteiger partial charge < -0.3 is 18.1 Å². The first-order valence-electron chi connectivity index (χ1n) is 22.0. The molecule has 6 aromatic heterocycles. The summed E-state index contributed by atoms with van der Waals surface area (Å²) in [4.78, 5) is 10.1. The molecule has 7 nitrogen and oxygen atoms in total. The van der Waals surface area contributed by atoms with Gasteiger partial charge in [-0.2, -0.15) is 0 Å². The van der Waals surface area contributed by atoms with Crippen LogP contribution in [0.1, 0.15) is 0 Å². The van der Waals surface area contributed by atoms with Gasteiger partial charge in [0, 0.05) is 65.5 Å². The van der Waals surface area contributed by atoms with E-state index >= 15 is 0 Å². The van der Waals surface area contributed by atoms with E-state index in [1.54, 1.807) is 6.33 Å². The monoisotopic (exact) mass is 830 g/mol. The fourth-order valence-electron chi connectivity index (χ4n) is 11.1. The second-order valence-corrected chi connectivity index (χ2v) is 17.0. The van der Waals surface area contributed by atoms with Gasteiger partial charge in [-0.15, -0.1) is 0 Å². The minimum absolute atomic E-state index is 0.640. The van der Waals surface area contributed by atoms with E-state index in [1.807, 2.05) is 0 Å². The maximum atomic E-state index is 6.94. The summed E-state index contributed by atoms with van der Waals surface area (Å²) in [6.07, 6.45) is 1.69. The molecular weight excluding hydrogens is 797 g/mol. The van der Waals surface area contributed by atoms with Crippen molar-refractivity contribution in [3.8, 4) is 22.9 Å². The van der Waals surface area contributed by atoms with Crippen molar-refractivity contribution < 1.29 is 4.42 Å². The molecule has 6 heterocycles. The van der Waals surface area contributed by atoms with E-state index in [0.29, 0.717) is 11.4 Å². The third-order valence-corrected chi connectivity index (χ3v) is 13.7. The largest absolute Gasteiger partial charge is 0.450 e. The summed E-state index contributed by atoms with van der Waals surface area (Å²) in [7, 11) is 0. The number of hydrogen-bond acceptors (Lipinski definition) is 3. The zero-order chi connectivity index (χ0) is 42.3. The van der Waals surface area contributed by atoms with E-state index in [0.717, 1.165) is 82.8 Å². The molecule has 0 bridgehead atoms. The minimum Gasteiger partial charge on any atom is -0.450 e. The van der Waals surface area contributed by atoms with Crippen LogP contribution in [0.15, 0.2) is 211 Å². The Morgan fingerprint density at radius 1 is 0.323 bits per heavy atom. The lowest BCUT2D eigenvalue weighted by molar-refractivity contribution is 0.662. The normalized spacial score (nSPS) is 12.3. The zero-order valence-electron chi connectivity index (χ0n) is 34.7. The Labute approximate surface area is 369 Å². The van der Waals surface area contributed by atoms with E-state index in [2.05, 4.69) is 218 Å². The standard InChI is InChI=1S/C58H34N6O/c1-3-15-35(16-4-1)61-47-25-13-9-21-42(47)52-49(61)30-28-40-38-19-7-11-23-45(38)63(55(40)52)37-27-32-51-44(33-37)54-57(65-51)58(60-34-59-54)64-46-24-12-8-20-39(46)41-29-31-50-53(56(41)64)43-22-10-14-26-48(43)62(50)36-17-5-2-6-18-36/h1-34H. The summed E-state index contributed by atoms with van der Waals surface area (Å²) in [5.41, 5.74) is 14.5. The van der Waals surface area contributed by atoms with Crippen LogP contribution in [0.25, 0.3) is 132 Å². The molecule has 15 aromatic rings. The molecule has 0 atom stereocenters. The van der Waals surface area contributed by atoms with Crippen LogP contribution in [-0.4, -0.2) is 28.2 Å². The molecule has 0 aliphatic carbocycles. The number of aromatic nitrogens is 6. The highest BCUT2D eigenvalue weighted by Gasteiger charge is 2.25. The van der Waals surface area contributed by atoms with Gasteiger partial charge in [0.1, 0.15) is 17.4 Å². The van der Waals surface area contributed by atoms with Crippen molar-refractivity contribution in [3.63, 3.8) is 0 Å². The second-order valence-electron chi connectivity index (χ2n) is 17.0. The number of rotatable bonds is 4. The van der Waals surface area contributed by atoms with Crippen molar-refractivity contribution in [1.29, 1.82) is 0 Å². The maximum Gasteiger partial charge on any atom is 0.197 e. The lowest BCUT2D eigenvalue weighted by Crippen LogP contribution is -1.99. The predicted octanol–water partition coefficient (Wildman–Crippen LogP) is 14.8. The molecule has 0 aliphatic rings. The molecule has 15 rings (SSSR count). The van der Waals surface area contributed by atoms with Crippen LogP contribution in [-0.2, 0) is 0 Å². The first kappa shape index (κ1) is 34.6. The number of para-hydroxylation sites is 6. The van der Waals surface area contributed by atoms with Gasteiger partial charge in [-0.1, -0.05) is 121 Å². The third kappa shape index (κ3) is 4.58. The molecule has 9 aromatic carbocycles. The van der Waals surface area contributed by atoms with Crippen LogP contribution in [0.5, 0.6) is 0 Å². The summed E-state index contributed by atoms with van der Waals surface area (Å²) in [5, 5.41) is 10.4. The number of nitrogens with zero attached hydrogens (tertiary/aromatic N) is 6. The van der Waals surface area contributed by atoms with Crippen LogP contribution >= 0.6 is 0 Å². The van der Waals surface area contributed by atoms with Gasteiger partial charge in [0.15, 0.2) is 11.4 Å². The van der Waals surface area contributed by atoms with Crippen molar-refractivity contribution in [3.05, 3.63) is 207 Å². The van der Waals surface area contributed by atoms with Gasteiger partial charge in [-0.3, -0.25) is 4.57 Å². The quantitative estimate of drug-likeness (QED) is 0.177. The Hall–Kier alpha value is -8.94. The van der Waals surface area contributed by atoms with Crippen LogP contribution in [0.3, 0.4) is 0 Å². The predicted molar refractivity (Wildman–Crippen MR) is 267 cm³/mol. The van der Waals surface area contributed by atoms with Gasteiger partial charge in [0.2, 0.25) is 0 Å². The highest BCUT2D eigenvalue weighted by molar-refractivity contribution is 6.28. The lowest BCUT2D eigenvalue weighted by atomic mass is 10.1. The average molecular weight is 831 g/mol. The summed E-state index contributed by atoms with van der Waals surface area (Å²) in [6.45, 7) is 0. The summed E-state index contributed by atoms with van der Waals surface area (Å²) < 4.78 is 16.4. The Morgan fingerprint density at radius 3 is 1.37 bits per heavy atom. The second kappa shape index (κ2) is 12.8. The lowest BCUT2D eigenvalue weighted by Gasteiger charge is -2.10. The van der Waals surface area contributed by atoms with Crippen LogP contribution in [0.4, 0.5) is 0 Å². The molecule has 0 saturated carbocycles. The number of hydrogen-bond donors (Lipinski definition) is 0. The molecule has 0 fully saturated rings. The molecule has 65 heavy (non-hydrogen) atoms. The van der Waals surface area contributed by atoms with E-state index in [9.17, 15) is 0 Å². The van der Waals surface area contributed by atoms with Gasteiger partial charge in [0.25, 0.3) is 0 Å². The summed E-state index contributed by atoms with van der Waals surface area (Å²) in [5.74, 6) is 0.704. The SMILES string of the molecule is c1ccc(-n2c3ccccc3c3c2ccc2c4ccccc4n(-c4ccc5oc6c(-n7c8ccccc8c8ccc9c(c%10ccccc%10n9-c9ccccc9)c87)ncnc6c5c4)c23)cc1. The number of furan rings is 1. The molecule has 302 valence electrons. The molecule has 0 N–H and O–H groups in total. The van der Waals surface area contributed by atoms with Gasteiger partial charge in [-0.05, 0) is 78.9 Å². The maximum absolute atomic E-state index is 6.94. The van der Waals surface area contributed by atoms with Crippen molar-refractivity contribution in [2.24, 2.45) is 0 Å². The molecule has 0 spiro atoms. The molecule has 0 unspecified atom stereocenters. The average Bonchev–Trinajstić information content (AvgIpc) is 4.17. The molecule has 0 saturated heterocycles. The fraction of sp³-hybridized carbons (Fsp3) is 0. The first-order valence-corrected chi connectivity index (χ1v) is 22.0. The number of fused-ring (bicyclic) bond motifs is 17.